The van der Waals surface area contributed by atoms with Crippen molar-refractivity contribution in [3.05, 3.63) is 60.7 Å². The third-order valence-corrected chi connectivity index (χ3v) is 3.01. The molecule has 0 saturated carbocycles. The normalized spacial score (nSPS) is 10.7. The maximum Gasteiger partial charge on any atom is 0.166 e. The quantitative estimate of drug-likeness (QED) is 0.699. The molecule has 18 heavy (non-hydrogen) atoms. The van der Waals surface area contributed by atoms with Crippen LogP contribution in [0.2, 0.25) is 0 Å². The topological polar surface area (TPSA) is 27.1 Å². The molecule has 3 rings (SSSR count). The Hall–Kier alpha value is -2.29. The van der Waals surface area contributed by atoms with E-state index in [0.29, 0.717) is 6.73 Å². The van der Waals surface area contributed by atoms with Gasteiger partial charge in [0.05, 0.1) is 0 Å². The average Bonchev–Trinajstić information content (AvgIpc) is 2.82. The van der Waals surface area contributed by atoms with Crippen LogP contribution in [0.25, 0.3) is 10.8 Å². The minimum Gasteiger partial charge on any atom is -0.473 e. The number of rotatable bonds is 3. The highest BCUT2D eigenvalue weighted by atomic mass is 16.5. The van der Waals surface area contributed by atoms with Crippen molar-refractivity contribution < 1.29 is 4.74 Å². The molecule has 0 bridgehead atoms. The molecule has 0 aliphatic rings. The van der Waals surface area contributed by atoms with Crippen LogP contribution < -0.4 is 4.74 Å². The first kappa shape index (κ1) is 10.8. The van der Waals surface area contributed by atoms with Gasteiger partial charge in [-0.2, -0.15) is 0 Å². The number of nitrogens with zero attached hydrogens (tertiary/aromatic N) is 2. The summed E-state index contributed by atoms with van der Waals surface area (Å²) in [4.78, 5) is 4.16. The Balaban J connectivity index is 1.81. The van der Waals surface area contributed by atoms with Crippen molar-refractivity contribution in [2.24, 2.45) is 0 Å². The van der Waals surface area contributed by atoms with Gasteiger partial charge in [-0.25, -0.2) is 4.98 Å². The summed E-state index contributed by atoms with van der Waals surface area (Å²) in [6.07, 6.45) is 3.69. The first-order chi connectivity index (χ1) is 8.83. The fourth-order valence-corrected chi connectivity index (χ4v) is 1.94. The van der Waals surface area contributed by atoms with Gasteiger partial charge in [-0.3, -0.25) is 0 Å². The Labute approximate surface area is 106 Å². The number of hydrogen-bond donors (Lipinski definition) is 0. The van der Waals surface area contributed by atoms with Crippen LogP contribution in [0.3, 0.4) is 0 Å². The first-order valence-corrected chi connectivity index (χ1v) is 5.92. The van der Waals surface area contributed by atoms with E-state index in [4.69, 9.17) is 4.74 Å². The van der Waals surface area contributed by atoms with Gasteiger partial charge in [0.2, 0.25) is 0 Å². The number of ether oxygens (including phenoxy) is 1. The lowest BCUT2D eigenvalue weighted by molar-refractivity contribution is 0.234. The van der Waals surface area contributed by atoms with Crippen LogP contribution in [-0.4, -0.2) is 9.55 Å². The average molecular weight is 238 g/mol. The molecule has 0 radical (unpaired) electrons. The number of benzene rings is 2. The van der Waals surface area contributed by atoms with Crippen LogP contribution in [-0.2, 0) is 6.73 Å². The lowest BCUT2D eigenvalue weighted by atomic mass is 10.1. The fourth-order valence-electron chi connectivity index (χ4n) is 1.94. The second-order valence-electron chi connectivity index (χ2n) is 4.23. The summed E-state index contributed by atoms with van der Waals surface area (Å²) < 4.78 is 7.73. The fraction of sp³-hybridized carbons (Fsp3) is 0.133. The van der Waals surface area contributed by atoms with Gasteiger partial charge in [-0.15, -0.1) is 0 Å². The molecule has 1 heterocycles. The first-order valence-electron chi connectivity index (χ1n) is 5.92. The summed E-state index contributed by atoms with van der Waals surface area (Å²) in [5, 5.41) is 2.42. The molecule has 3 nitrogen and oxygen atoms in total. The number of aryl methyl sites for hydroxylation is 1. The van der Waals surface area contributed by atoms with E-state index < -0.39 is 0 Å². The SMILES string of the molecule is Cc1nccn1COc1ccc2ccccc2c1. The molecule has 0 unspecified atom stereocenters. The lowest BCUT2D eigenvalue weighted by Gasteiger charge is -2.09. The summed E-state index contributed by atoms with van der Waals surface area (Å²) in [5.41, 5.74) is 0. The van der Waals surface area contributed by atoms with Gasteiger partial charge in [0.15, 0.2) is 6.73 Å². The highest BCUT2D eigenvalue weighted by molar-refractivity contribution is 5.83. The van der Waals surface area contributed by atoms with Gasteiger partial charge < -0.3 is 9.30 Å². The van der Waals surface area contributed by atoms with Gasteiger partial charge in [0.25, 0.3) is 0 Å². The van der Waals surface area contributed by atoms with Crippen LogP contribution >= 0.6 is 0 Å². The molecule has 0 saturated heterocycles. The zero-order valence-electron chi connectivity index (χ0n) is 10.2. The lowest BCUT2D eigenvalue weighted by Crippen LogP contribution is -2.05. The van der Waals surface area contributed by atoms with Gasteiger partial charge in [0.1, 0.15) is 11.6 Å². The summed E-state index contributed by atoms with van der Waals surface area (Å²) in [6, 6.07) is 14.4. The number of fused-ring (bicyclic) bond motifs is 1. The van der Waals surface area contributed by atoms with Crippen LogP contribution in [0.1, 0.15) is 5.82 Å². The molecular formula is C15H14N2O. The third kappa shape index (κ3) is 2.07. The second-order valence-corrected chi connectivity index (χ2v) is 4.23. The van der Waals surface area contributed by atoms with Crippen molar-refractivity contribution in [1.82, 2.24) is 9.55 Å². The van der Waals surface area contributed by atoms with E-state index in [0.717, 1.165) is 11.6 Å². The Morgan fingerprint density at radius 3 is 2.72 bits per heavy atom. The minimum absolute atomic E-state index is 0.490. The monoisotopic (exact) mass is 238 g/mol. The Morgan fingerprint density at radius 2 is 1.94 bits per heavy atom. The molecule has 1 aromatic heterocycles. The van der Waals surface area contributed by atoms with Crippen molar-refractivity contribution in [3.8, 4) is 5.75 Å². The number of hydrogen-bond acceptors (Lipinski definition) is 2. The van der Waals surface area contributed by atoms with E-state index in [9.17, 15) is 0 Å². The van der Waals surface area contributed by atoms with E-state index in [1.807, 2.05) is 35.9 Å². The van der Waals surface area contributed by atoms with Crippen molar-refractivity contribution in [2.45, 2.75) is 13.7 Å². The van der Waals surface area contributed by atoms with Gasteiger partial charge in [-0.1, -0.05) is 30.3 Å². The van der Waals surface area contributed by atoms with E-state index in [-0.39, 0.29) is 0 Å². The highest BCUT2D eigenvalue weighted by Crippen LogP contribution is 2.20. The van der Waals surface area contributed by atoms with Crippen molar-refractivity contribution >= 4 is 10.8 Å². The zero-order chi connectivity index (χ0) is 12.4. The molecule has 0 aliphatic heterocycles. The molecule has 90 valence electrons. The Morgan fingerprint density at radius 1 is 1.11 bits per heavy atom. The predicted molar refractivity (Wildman–Crippen MR) is 71.5 cm³/mol. The van der Waals surface area contributed by atoms with Crippen LogP contribution in [0, 0.1) is 6.92 Å². The minimum atomic E-state index is 0.490. The molecule has 0 aliphatic carbocycles. The summed E-state index contributed by atoms with van der Waals surface area (Å²) >= 11 is 0. The molecule has 0 spiro atoms. The molecule has 0 atom stereocenters. The van der Waals surface area contributed by atoms with Crippen LogP contribution in [0.5, 0.6) is 5.75 Å². The molecule has 0 fully saturated rings. The molecule has 3 heteroatoms. The maximum atomic E-state index is 5.76. The van der Waals surface area contributed by atoms with Gasteiger partial charge in [0, 0.05) is 12.4 Å². The summed E-state index contributed by atoms with van der Waals surface area (Å²) in [6.45, 7) is 2.45. The highest BCUT2D eigenvalue weighted by Gasteiger charge is 1.99. The standard InChI is InChI=1S/C15H14N2O/c1-12-16-8-9-17(12)11-18-15-7-6-13-4-2-3-5-14(13)10-15/h2-10H,11H2,1H3. The smallest absolute Gasteiger partial charge is 0.166 e. The van der Waals surface area contributed by atoms with Gasteiger partial charge >= 0.3 is 0 Å². The molecule has 0 N–H and O–H groups in total. The molecular weight excluding hydrogens is 224 g/mol. The largest absolute Gasteiger partial charge is 0.473 e. The van der Waals surface area contributed by atoms with Crippen LogP contribution in [0.15, 0.2) is 54.9 Å². The van der Waals surface area contributed by atoms with Gasteiger partial charge in [-0.05, 0) is 29.8 Å². The summed E-state index contributed by atoms with van der Waals surface area (Å²) in [5.74, 6) is 1.83. The number of aromatic nitrogens is 2. The molecule has 0 amide bonds. The van der Waals surface area contributed by atoms with Crippen molar-refractivity contribution in [2.75, 3.05) is 0 Å². The van der Waals surface area contributed by atoms with Crippen molar-refractivity contribution in [1.29, 1.82) is 0 Å². The van der Waals surface area contributed by atoms with Crippen LogP contribution in [0.4, 0.5) is 0 Å². The van der Waals surface area contributed by atoms with E-state index in [1.165, 1.54) is 10.8 Å². The zero-order valence-corrected chi connectivity index (χ0v) is 10.2. The second kappa shape index (κ2) is 4.53. The van der Waals surface area contributed by atoms with E-state index in [1.54, 1.807) is 6.20 Å². The maximum absolute atomic E-state index is 5.76. The predicted octanol–water partition coefficient (Wildman–Crippen LogP) is 3.38. The Bertz CT molecular complexity index is 673. The van der Waals surface area contributed by atoms with E-state index >= 15 is 0 Å². The van der Waals surface area contributed by atoms with Crippen molar-refractivity contribution in [3.63, 3.8) is 0 Å². The van der Waals surface area contributed by atoms with E-state index in [2.05, 4.69) is 29.2 Å². The Kier molecular flexibility index (Phi) is 2.73. The molecule has 3 aromatic rings. The summed E-state index contributed by atoms with van der Waals surface area (Å²) in [7, 11) is 0. The third-order valence-electron chi connectivity index (χ3n) is 3.01. The molecule has 2 aromatic carbocycles. The number of imidazole rings is 1.